The highest BCUT2D eigenvalue weighted by Crippen LogP contribution is 2.18. The van der Waals surface area contributed by atoms with Gasteiger partial charge in [0.2, 0.25) is 0 Å². The number of carbonyl (C=O) groups excluding carboxylic acids is 1. The van der Waals surface area contributed by atoms with Crippen molar-refractivity contribution in [2.45, 2.75) is 31.7 Å². The van der Waals surface area contributed by atoms with Crippen LogP contribution in [0.4, 0.5) is 5.82 Å². The maximum atomic E-state index is 11.6. The number of carbonyl (C=O) groups is 1. The van der Waals surface area contributed by atoms with Gasteiger partial charge in [0.15, 0.2) is 0 Å². The molecule has 1 aromatic rings. The van der Waals surface area contributed by atoms with Crippen LogP contribution in [-0.2, 0) is 0 Å². The number of nitrogens with two attached hydrogens (primary N) is 1. The van der Waals surface area contributed by atoms with E-state index in [9.17, 15) is 10.0 Å². The minimum absolute atomic E-state index is 0.0274. The molecule has 0 unspecified atom stereocenters. The maximum absolute atomic E-state index is 11.6. The molecule has 1 heterocycles. The summed E-state index contributed by atoms with van der Waals surface area (Å²) >= 11 is 0. The fraction of sp³-hybridized carbons (Fsp3) is 0.625. The molecule has 3 N–H and O–H groups in total. The Hall–Kier alpha value is -1.79. The van der Waals surface area contributed by atoms with Crippen molar-refractivity contribution in [3.05, 3.63) is 10.9 Å². The summed E-state index contributed by atoms with van der Waals surface area (Å²) in [5.41, 5.74) is 5.07. The molecule has 0 aliphatic heterocycles. The molecule has 15 heavy (non-hydrogen) atoms. The van der Waals surface area contributed by atoms with Crippen LogP contribution in [0.5, 0.6) is 0 Å². The molecule has 0 spiro atoms. The lowest BCUT2D eigenvalue weighted by Gasteiger charge is -2.09. The first kappa shape index (κ1) is 9.75. The Balaban J connectivity index is 2.07. The van der Waals surface area contributed by atoms with Gasteiger partial charge < -0.3 is 16.3 Å². The molecule has 1 saturated carbocycles. The quantitative estimate of drug-likeness (QED) is 0.646. The van der Waals surface area contributed by atoms with E-state index < -0.39 is 5.91 Å². The molecule has 1 fully saturated rings. The van der Waals surface area contributed by atoms with Crippen LogP contribution in [0.1, 0.15) is 36.2 Å². The molecule has 0 aromatic carbocycles. The summed E-state index contributed by atoms with van der Waals surface area (Å²) in [6.07, 6.45) is 4.08. The molecule has 1 amide bonds. The molecule has 2 rings (SSSR count). The topological polar surface area (TPSA) is 108 Å². The molecule has 7 heteroatoms. The van der Waals surface area contributed by atoms with Crippen LogP contribution in [-0.4, -0.2) is 17.1 Å². The fourth-order valence-corrected chi connectivity index (χ4v) is 1.78. The van der Waals surface area contributed by atoms with E-state index >= 15 is 0 Å². The number of nitrogens with zero attached hydrogens (tertiary/aromatic N) is 2. The van der Waals surface area contributed by atoms with E-state index in [0.29, 0.717) is 0 Å². The van der Waals surface area contributed by atoms with Gasteiger partial charge >= 0.3 is 17.4 Å². The Morgan fingerprint density at radius 1 is 1.60 bits per heavy atom. The van der Waals surface area contributed by atoms with Crippen LogP contribution in [0, 0.1) is 5.21 Å². The van der Waals surface area contributed by atoms with Crippen molar-refractivity contribution in [2.75, 3.05) is 5.73 Å². The highest BCUT2D eigenvalue weighted by molar-refractivity contribution is 5.94. The summed E-state index contributed by atoms with van der Waals surface area (Å²) in [7, 11) is 0. The second-order valence-electron chi connectivity index (χ2n) is 3.62. The first-order valence-electron chi connectivity index (χ1n) is 4.84. The molecule has 1 aliphatic carbocycles. The Morgan fingerprint density at radius 3 is 2.80 bits per heavy atom. The van der Waals surface area contributed by atoms with Gasteiger partial charge in [-0.05, 0) is 17.7 Å². The van der Waals surface area contributed by atoms with Crippen molar-refractivity contribution in [2.24, 2.45) is 0 Å². The molecular weight excluding hydrogens is 200 g/mol. The summed E-state index contributed by atoms with van der Waals surface area (Å²) < 4.78 is 4.21. The van der Waals surface area contributed by atoms with Gasteiger partial charge in [0.1, 0.15) is 0 Å². The van der Waals surface area contributed by atoms with E-state index in [1.165, 1.54) is 0 Å². The van der Waals surface area contributed by atoms with Gasteiger partial charge in [-0.1, -0.05) is 12.8 Å². The summed E-state index contributed by atoms with van der Waals surface area (Å²) in [5, 5.41) is 16.9. The number of anilines is 1. The van der Waals surface area contributed by atoms with Gasteiger partial charge in [-0.3, -0.25) is 9.42 Å². The van der Waals surface area contributed by atoms with Crippen molar-refractivity contribution >= 4 is 11.7 Å². The summed E-state index contributed by atoms with van der Waals surface area (Å²) in [4.78, 5) is 11.6. The number of nitrogen functional groups attached to an aromatic ring is 1. The normalized spacial score (nSPS) is 16.8. The predicted octanol–water partition coefficient (Wildman–Crippen LogP) is -0.437. The van der Waals surface area contributed by atoms with E-state index in [1.54, 1.807) is 0 Å². The number of aromatic nitrogens is 2. The third-order valence-electron chi connectivity index (χ3n) is 2.54. The number of hydrogen-bond acceptors (Lipinski definition) is 5. The van der Waals surface area contributed by atoms with Gasteiger partial charge in [0, 0.05) is 6.04 Å². The smallest absolute Gasteiger partial charge is 0.318 e. The zero-order valence-electron chi connectivity index (χ0n) is 8.10. The van der Waals surface area contributed by atoms with Gasteiger partial charge in [0.25, 0.3) is 0 Å². The average molecular weight is 212 g/mol. The molecule has 0 atom stereocenters. The standard InChI is InChI=1S/C8H12N4O3/c9-7-6(12(14)15-11-7)8(13)10-5-3-1-2-4-5/h5H,1-4H2,(H2,9,11)(H,10,13). The van der Waals surface area contributed by atoms with Crippen LogP contribution in [0.25, 0.3) is 0 Å². The van der Waals surface area contributed by atoms with Gasteiger partial charge in [-0.15, -0.1) is 0 Å². The minimum atomic E-state index is -0.518. The molecule has 82 valence electrons. The van der Waals surface area contributed by atoms with E-state index in [2.05, 4.69) is 15.1 Å². The van der Waals surface area contributed by atoms with Gasteiger partial charge in [-0.2, -0.15) is 0 Å². The predicted molar refractivity (Wildman–Crippen MR) is 49.6 cm³/mol. The molecule has 1 aromatic heterocycles. The van der Waals surface area contributed by atoms with Gasteiger partial charge in [0.05, 0.1) is 5.16 Å². The first-order chi connectivity index (χ1) is 7.18. The third-order valence-corrected chi connectivity index (χ3v) is 2.54. The highest BCUT2D eigenvalue weighted by atomic mass is 16.8. The maximum Gasteiger partial charge on any atom is 0.318 e. The molecular formula is C8H12N4O3. The average Bonchev–Trinajstić information content (AvgIpc) is 2.77. The number of rotatable bonds is 2. The van der Waals surface area contributed by atoms with Crippen LogP contribution in [0.2, 0.25) is 0 Å². The van der Waals surface area contributed by atoms with Crippen molar-refractivity contribution in [1.29, 1.82) is 0 Å². The minimum Gasteiger partial charge on any atom is -0.359 e. The third kappa shape index (κ3) is 1.85. The van der Waals surface area contributed by atoms with Crippen LogP contribution < -0.4 is 16.0 Å². The fourth-order valence-electron chi connectivity index (χ4n) is 1.78. The molecule has 7 nitrogen and oxygen atoms in total. The second-order valence-corrected chi connectivity index (χ2v) is 3.62. The highest BCUT2D eigenvalue weighted by Gasteiger charge is 2.27. The lowest BCUT2D eigenvalue weighted by atomic mass is 10.2. The van der Waals surface area contributed by atoms with E-state index in [4.69, 9.17) is 5.73 Å². The molecule has 0 radical (unpaired) electrons. The molecule has 1 aliphatic rings. The number of hydrogen-bond donors (Lipinski definition) is 2. The SMILES string of the molecule is Nc1no[n+]([O-])c1C(=O)NC1CCCC1. The number of nitrogens with one attached hydrogen (secondary N) is 1. The van der Waals surface area contributed by atoms with Crippen molar-refractivity contribution < 1.29 is 14.3 Å². The lowest BCUT2D eigenvalue weighted by Crippen LogP contribution is -2.41. The van der Waals surface area contributed by atoms with E-state index in [0.717, 1.165) is 25.7 Å². The molecule has 0 saturated heterocycles. The Bertz CT molecular complexity index is 350. The summed E-state index contributed by atoms with van der Waals surface area (Å²) in [6, 6.07) is 0.131. The summed E-state index contributed by atoms with van der Waals surface area (Å²) in [6.45, 7) is 0. The van der Waals surface area contributed by atoms with Gasteiger partial charge in [-0.25, -0.2) is 0 Å². The Morgan fingerprint density at radius 2 is 2.27 bits per heavy atom. The zero-order chi connectivity index (χ0) is 10.8. The zero-order valence-corrected chi connectivity index (χ0v) is 8.10. The summed E-state index contributed by atoms with van der Waals surface area (Å²) in [5.74, 6) is -0.698. The lowest BCUT2D eigenvalue weighted by molar-refractivity contribution is -0.803. The van der Waals surface area contributed by atoms with Crippen LogP contribution >= 0.6 is 0 Å². The van der Waals surface area contributed by atoms with E-state index in [1.807, 2.05) is 0 Å². The first-order valence-corrected chi connectivity index (χ1v) is 4.84. The van der Waals surface area contributed by atoms with Crippen molar-refractivity contribution in [1.82, 2.24) is 10.5 Å². The monoisotopic (exact) mass is 212 g/mol. The number of amides is 1. The Kier molecular flexibility index (Phi) is 2.44. The Labute approximate surface area is 85.8 Å². The molecule has 0 bridgehead atoms. The van der Waals surface area contributed by atoms with Crippen LogP contribution in [0.15, 0.2) is 4.63 Å². The van der Waals surface area contributed by atoms with E-state index in [-0.39, 0.29) is 22.5 Å². The second kappa shape index (κ2) is 3.76. The largest absolute Gasteiger partial charge is 0.359 e. The van der Waals surface area contributed by atoms with Crippen molar-refractivity contribution in [3.8, 4) is 0 Å². The van der Waals surface area contributed by atoms with Crippen LogP contribution in [0.3, 0.4) is 0 Å². The van der Waals surface area contributed by atoms with Crippen molar-refractivity contribution in [3.63, 3.8) is 0 Å².